The molecule has 0 bridgehead atoms. The summed E-state index contributed by atoms with van der Waals surface area (Å²) in [4.78, 5) is 4.60. The highest BCUT2D eigenvalue weighted by molar-refractivity contribution is 5.58. The maximum absolute atomic E-state index is 10.3. The van der Waals surface area contributed by atoms with Crippen molar-refractivity contribution in [1.82, 2.24) is 4.90 Å². The zero-order valence-electron chi connectivity index (χ0n) is 16.0. The molecule has 2 aromatic carbocycles. The topological polar surface area (TPSA) is 54.4 Å². The van der Waals surface area contributed by atoms with Crippen LogP contribution in [0, 0.1) is 0 Å². The third-order valence-electron chi connectivity index (χ3n) is 4.75. The Balaban J connectivity index is 1.44. The largest absolute Gasteiger partial charge is 0.497 e. The Morgan fingerprint density at radius 2 is 1.67 bits per heavy atom. The smallest absolute Gasteiger partial charge is 0.142 e. The predicted molar refractivity (Wildman–Crippen MR) is 106 cm³/mol. The van der Waals surface area contributed by atoms with E-state index in [2.05, 4.69) is 15.9 Å². The molecule has 1 heterocycles. The van der Waals surface area contributed by atoms with Crippen LogP contribution in [0.4, 0.5) is 5.69 Å². The molecule has 0 aliphatic carbocycles. The molecule has 0 radical (unpaired) electrons. The van der Waals surface area contributed by atoms with E-state index in [0.717, 1.165) is 43.4 Å². The highest BCUT2D eigenvalue weighted by Gasteiger charge is 2.21. The summed E-state index contributed by atoms with van der Waals surface area (Å²) in [5.41, 5.74) is 1.13. The number of benzene rings is 2. The van der Waals surface area contributed by atoms with Crippen molar-refractivity contribution in [2.75, 3.05) is 58.5 Å². The lowest BCUT2D eigenvalue weighted by atomic mass is 10.2. The van der Waals surface area contributed by atoms with Crippen LogP contribution in [-0.2, 0) is 0 Å². The van der Waals surface area contributed by atoms with Crippen LogP contribution < -0.4 is 19.1 Å². The molecule has 0 spiro atoms. The Kier molecular flexibility index (Phi) is 6.79. The zero-order valence-corrected chi connectivity index (χ0v) is 16.0. The second-order valence-corrected chi connectivity index (χ2v) is 6.60. The first-order chi connectivity index (χ1) is 13.2. The Morgan fingerprint density at radius 1 is 0.926 bits per heavy atom. The van der Waals surface area contributed by atoms with Crippen molar-refractivity contribution in [3.8, 4) is 17.2 Å². The molecule has 146 valence electrons. The highest BCUT2D eigenvalue weighted by Crippen LogP contribution is 2.28. The summed E-state index contributed by atoms with van der Waals surface area (Å²) in [5, 5.41) is 10.3. The van der Waals surface area contributed by atoms with Crippen molar-refractivity contribution in [1.29, 1.82) is 0 Å². The molecule has 1 unspecified atom stereocenters. The minimum Gasteiger partial charge on any atom is -0.497 e. The fourth-order valence-corrected chi connectivity index (χ4v) is 3.30. The van der Waals surface area contributed by atoms with E-state index < -0.39 is 6.10 Å². The molecule has 0 saturated carbocycles. The molecule has 2 aromatic rings. The summed E-state index contributed by atoms with van der Waals surface area (Å²) in [5.74, 6) is 2.35. The lowest BCUT2D eigenvalue weighted by Crippen LogP contribution is -2.49. The number of hydrogen-bond acceptors (Lipinski definition) is 6. The lowest BCUT2D eigenvalue weighted by molar-refractivity contribution is 0.0662. The number of anilines is 1. The number of para-hydroxylation sites is 2. The Morgan fingerprint density at radius 3 is 2.41 bits per heavy atom. The molecular weight excluding hydrogens is 344 g/mol. The van der Waals surface area contributed by atoms with E-state index in [0.29, 0.717) is 12.3 Å². The third-order valence-corrected chi connectivity index (χ3v) is 4.75. The van der Waals surface area contributed by atoms with E-state index >= 15 is 0 Å². The van der Waals surface area contributed by atoms with Crippen LogP contribution >= 0.6 is 0 Å². The van der Waals surface area contributed by atoms with Crippen molar-refractivity contribution in [3.63, 3.8) is 0 Å². The Hall–Kier alpha value is -2.44. The molecule has 1 atom stereocenters. The molecule has 3 rings (SSSR count). The van der Waals surface area contributed by atoms with E-state index in [1.807, 2.05) is 42.5 Å². The SMILES string of the molecule is COc1cccc(OCC(O)CN2CCN(c3ccccc3OC)CC2)c1. The van der Waals surface area contributed by atoms with Gasteiger partial charge in [-0.2, -0.15) is 0 Å². The molecule has 0 aromatic heterocycles. The van der Waals surface area contributed by atoms with Gasteiger partial charge in [-0.25, -0.2) is 0 Å². The molecule has 1 N–H and O–H groups in total. The van der Waals surface area contributed by atoms with Crippen LogP contribution in [0.25, 0.3) is 0 Å². The van der Waals surface area contributed by atoms with Gasteiger partial charge in [-0.3, -0.25) is 4.90 Å². The molecule has 1 fully saturated rings. The predicted octanol–water partition coefficient (Wildman–Crippen LogP) is 2.27. The van der Waals surface area contributed by atoms with Crippen molar-refractivity contribution in [3.05, 3.63) is 48.5 Å². The summed E-state index contributed by atoms with van der Waals surface area (Å²) < 4.78 is 16.3. The normalized spacial score (nSPS) is 16.0. The highest BCUT2D eigenvalue weighted by atomic mass is 16.5. The van der Waals surface area contributed by atoms with Gasteiger partial charge in [-0.1, -0.05) is 18.2 Å². The van der Waals surface area contributed by atoms with Crippen LogP contribution in [0.15, 0.2) is 48.5 Å². The first-order valence-corrected chi connectivity index (χ1v) is 9.25. The average molecular weight is 372 g/mol. The van der Waals surface area contributed by atoms with Crippen LogP contribution in [-0.4, -0.2) is 69.7 Å². The second kappa shape index (κ2) is 9.48. The first kappa shape index (κ1) is 19.3. The fourth-order valence-electron chi connectivity index (χ4n) is 3.30. The molecular formula is C21H28N2O4. The standard InChI is InChI=1S/C21H28N2O4/c1-25-18-6-5-7-19(14-18)27-16-17(24)15-22-10-12-23(13-11-22)20-8-3-4-9-21(20)26-2/h3-9,14,17,24H,10-13,15-16H2,1-2H3. The van der Waals surface area contributed by atoms with Crippen molar-refractivity contribution >= 4 is 5.69 Å². The van der Waals surface area contributed by atoms with Gasteiger partial charge in [0.2, 0.25) is 0 Å². The van der Waals surface area contributed by atoms with Gasteiger partial charge in [0.1, 0.15) is 30.0 Å². The molecule has 1 aliphatic rings. The Bertz CT molecular complexity index is 717. The quantitative estimate of drug-likeness (QED) is 0.767. The molecule has 6 heteroatoms. The minimum absolute atomic E-state index is 0.264. The summed E-state index contributed by atoms with van der Waals surface area (Å²) in [6, 6.07) is 15.5. The van der Waals surface area contributed by atoms with Crippen molar-refractivity contribution in [2.24, 2.45) is 0 Å². The molecule has 27 heavy (non-hydrogen) atoms. The van der Waals surface area contributed by atoms with Gasteiger partial charge < -0.3 is 24.2 Å². The van der Waals surface area contributed by atoms with Gasteiger partial charge >= 0.3 is 0 Å². The number of hydrogen-bond donors (Lipinski definition) is 1. The number of nitrogens with zero attached hydrogens (tertiary/aromatic N) is 2. The summed E-state index contributed by atoms with van der Waals surface area (Å²) in [6.07, 6.45) is -0.533. The van der Waals surface area contributed by atoms with Gasteiger partial charge in [-0.05, 0) is 24.3 Å². The fraction of sp³-hybridized carbons (Fsp3) is 0.429. The molecule has 1 saturated heterocycles. The average Bonchev–Trinajstić information content (AvgIpc) is 2.73. The van der Waals surface area contributed by atoms with Gasteiger partial charge in [0.05, 0.1) is 19.9 Å². The van der Waals surface area contributed by atoms with E-state index in [1.165, 1.54) is 0 Å². The molecule has 1 aliphatic heterocycles. The maximum Gasteiger partial charge on any atom is 0.142 e. The van der Waals surface area contributed by atoms with Crippen LogP contribution in [0.1, 0.15) is 0 Å². The minimum atomic E-state index is -0.533. The monoisotopic (exact) mass is 372 g/mol. The summed E-state index contributed by atoms with van der Waals surface area (Å²) >= 11 is 0. The number of ether oxygens (including phenoxy) is 3. The van der Waals surface area contributed by atoms with Crippen molar-refractivity contribution in [2.45, 2.75) is 6.10 Å². The van der Waals surface area contributed by atoms with Crippen LogP contribution in [0.2, 0.25) is 0 Å². The van der Waals surface area contributed by atoms with Gasteiger partial charge in [0, 0.05) is 38.8 Å². The van der Waals surface area contributed by atoms with Gasteiger partial charge in [0.25, 0.3) is 0 Å². The number of rotatable bonds is 8. The lowest BCUT2D eigenvalue weighted by Gasteiger charge is -2.37. The second-order valence-electron chi connectivity index (χ2n) is 6.60. The number of aliphatic hydroxyl groups excluding tert-OH is 1. The van der Waals surface area contributed by atoms with Crippen LogP contribution in [0.3, 0.4) is 0 Å². The Labute approximate surface area is 160 Å². The zero-order chi connectivity index (χ0) is 19.1. The maximum atomic E-state index is 10.3. The van der Waals surface area contributed by atoms with E-state index in [1.54, 1.807) is 14.2 Å². The van der Waals surface area contributed by atoms with E-state index in [-0.39, 0.29) is 6.61 Å². The summed E-state index contributed by atoms with van der Waals surface area (Å²) in [7, 11) is 3.33. The van der Waals surface area contributed by atoms with Gasteiger partial charge in [0.15, 0.2) is 0 Å². The number of β-amino-alcohol motifs (C(OH)–C–C–N with tert-alkyl or cyclic N) is 1. The summed E-state index contributed by atoms with van der Waals surface area (Å²) in [6.45, 7) is 4.47. The van der Waals surface area contributed by atoms with Gasteiger partial charge in [-0.15, -0.1) is 0 Å². The number of methoxy groups -OCH3 is 2. The number of piperazine rings is 1. The molecule has 6 nitrogen and oxygen atoms in total. The first-order valence-electron chi connectivity index (χ1n) is 9.25. The van der Waals surface area contributed by atoms with Crippen molar-refractivity contribution < 1.29 is 19.3 Å². The number of aliphatic hydroxyl groups is 1. The molecule has 0 amide bonds. The van der Waals surface area contributed by atoms with Crippen LogP contribution in [0.5, 0.6) is 17.2 Å². The third kappa shape index (κ3) is 5.28. The van der Waals surface area contributed by atoms with E-state index in [9.17, 15) is 5.11 Å². The van der Waals surface area contributed by atoms with E-state index in [4.69, 9.17) is 14.2 Å².